The van der Waals surface area contributed by atoms with Crippen molar-refractivity contribution in [3.63, 3.8) is 0 Å². The summed E-state index contributed by atoms with van der Waals surface area (Å²) in [6.45, 7) is 9.42. The van der Waals surface area contributed by atoms with E-state index < -0.39 is 0 Å². The van der Waals surface area contributed by atoms with Gasteiger partial charge >= 0.3 is 6.09 Å². The van der Waals surface area contributed by atoms with E-state index in [4.69, 9.17) is 9.47 Å². The Bertz CT molecular complexity index is 302. The van der Waals surface area contributed by atoms with Gasteiger partial charge in [0.1, 0.15) is 6.10 Å². The van der Waals surface area contributed by atoms with Gasteiger partial charge in [0.25, 0.3) is 0 Å². The third-order valence-electron chi connectivity index (χ3n) is 3.75. The van der Waals surface area contributed by atoms with Crippen molar-refractivity contribution >= 4 is 6.09 Å². The molecule has 2 fully saturated rings. The molecule has 2 saturated heterocycles. The van der Waals surface area contributed by atoms with Crippen LogP contribution in [-0.4, -0.2) is 55.0 Å². The van der Waals surface area contributed by atoms with Gasteiger partial charge in [-0.3, -0.25) is 4.90 Å². The molecule has 0 saturated carbocycles. The first-order valence-corrected chi connectivity index (χ1v) is 7.27. The Hall–Kier alpha value is -0.810. The fourth-order valence-corrected chi connectivity index (χ4v) is 2.82. The molecule has 2 aliphatic rings. The molecular formula is C14H26N2O3. The number of ether oxygens (including phenoxy) is 2. The second kappa shape index (κ2) is 6.09. The van der Waals surface area contributed by atoms with Crippen LogP contribution >= 0.6 is 0 Å². The summed E-state index contributed by atoms with van der Waals surface area (Å²) in [7, 11) is 0. The number of hydrogen-bond donors (Lipinski definition) is 1. The Balaban J connectivity index is 1.98. The molecule has 0 spiro atoms. The number of nitrogens with one attached hydrogen (secondary N) is 1. The first-order valence-electron chi connectivity index (χ1n) is 7.27. The van der Waals surface area contributed by atoms with Crippen LogP contribution in [0.15, 0.2) is 0 Å². The summed E-state index contributed by atoms with van der Waals surface area (Å²) in [5, 5.41) is 3.31. The highest BCUT2D eigenvalue weighted by atomic mass is 16.6. The number of amides is 1. The van der Waals surface area contributed by atoms with Crippen LogP contribution in [0.25, 0.3) is 0 Å². The van der Waals surface area contributed by atoms with Crippen LogP contribution < -0.4 is 5.32 Å². The number of hydrogen-bond acceptors (Lipinski definition) is 4. The van der Waals surface area contributed by atoms with Gasteiger partial charge in [0.15, 0.2) is 0 Å². The van der Waals surface area contributed by atoms with Crippen LogP contribution in [0.5, 0.6) is 0 Å². The monoisotopic (exact) mass is 270 g/mol. The van der Waals surface area contributed by atoms with Gasteiger partial charge in [0, 0.05) is 31.0 Å². The van der Waals surface area contributed by atoms with Gasteiger partial charge in [0.2, 0.25) is 0 Å². The Kier molecular flexibility index (Phi) is 4.68. The van der Waals surface area contributed by atoms with Crippen molar-refractivity contribution in [2.45, 2.75) is 57.7 Å². The highest BCUT2D eigenvalue weighted by Gasteiger charge is 2.36. The summed E-state index contributed by atoms with van der Waals surface area (Å²) < 4.78 is 11.0. The molecule has 19 heavy (non-hydrogen) atoms. The second-order valence-corrected chi connectivity index (χ2v) is 6.38. The van der Waals surface area contributed by atoms with Crippen LogP contribution in [0.1, 0.15) is 40.0 Å². The lowest BCUT2D eigenvalue weighted by Crippen LogP contribution is -2.53. The van der Waals surface area contributed by atoms with E-state index in [9.17, 15) is 4.79 Å². The summed E-state index contributed by atoms with van der Waals surface area (Å²) in [6.07, 6.45) is 2.47. The first kappa shape index (κ1) is 14.6. The van der Waals surface area contributed by atoms with Crippen LogP contribution in [0.4, 0.5) is 4.79 Å². The molecule has 5 heteroatoms. The van der Waals surface area contributed by atoms with Gasteiger partial charge in [-0.05, 0) is 33.7 Å². The van der Waals surface area contributed by atoms with Gasteiger partial charge in [0.05, 0.1) is 13.2 Å². The molecule has 0 bridgehead atoms. The topological polar surface area (TPSA) is 50.8 Å². The van der Waals surface area contributed by atoms with E-state index in [0.717, 1.165) is 32.4 Å². The van der Waals surface area contributed by atoms with Crippen molar-refractivity contribution < 1.29 is 14.3 Å². The van der Waals surface area contributed by atoms with Crippen molar-refractivity contribution in [3.8, 4) is 0 Å². The minimum Gasteiger partial charge on any atom is -0.446 e. The van der Waals surface area contributed by atoms with Crippen LogP contribution in [0.2, 0.25) is 0 Å². The number of rotatable bonds is 2. The minimum atomic E-state index is -0.209. The molecular weight excluding hydrogens is 244 g/mol. The zero-order valence-electron chi connectivity index (χ0n) is 12.3. The smallest absolute Gasteiger partial charge is 0.410 e. The largest absolute Gasteiger partial charge is 0.446 e. The molecule has 0 aliphatic carbocycles. The average Bonchev–Trinajstić information content (AvgIpc) is 2.82. The number of carbonyl (C=O) groups is 1. The van der Waals surface area contributed by atoms with Crippen molar-refractivity contribution in [1.82, 2.24) is 10.2 Å². The Labute approximate surface area is 115 Å². The molecule has 2 aliphatic heterocycles. The fourth-order valence-electron chi connectivity index (χ4n) is 2.82. The van der Waals surface area contributed by atoms with Gasteiger partial charge in [-0.15, -0.1) is 0 Å². The van der Waals surface area contributed by atoms with E-state index >= 15 is 0 Å². The molecule has 0 aromatic heterocycles. The Morgan fingerprint density at radius 3 is 2.47 bits per heavy atom. The van der Waals surface area contributed by atoms with Crippen molar-refractivity contribution in [2.24, 2.45) is 0 Å². The lowest BCUT2D eigenvalue weighted by molar-refractivity contribution is -0.0250. The molecule has 2 heterocycles. The lowest BCUT2D eigenvalue weighted by atomic mass is 10.0. The molecule has 5 nitrogen and oxygen atoms in total. The fraction of sp³-hybridized carbons (Fsp3) is 0.929. The third kappa shape index (κ3) is 3.83. The minimum absolute atomic E-state index is 0.0143. The van der Waals surface area contributed by atoms with Crippen LogP contribution in [0, 0.1) is 0 Å². The van der Waals surface area contributed by atoms with Gasteiger partial charge in [-0.25, -0.2) is 4.79 Å². The molecule has 2 rings (SSSR count). The summed E-state index contributed by atoms with van der Waals surface area (Å²) in [6, 6.07) is 0.243. The first-order chi connectivity index (χ1) is 8.98. The van der Waals surface area contributed by atoms with E-state index in [2.05, 4.69) is 26.1 Å². The predicted octanol–water partition coefficient (Wildman–Crippen LogP) is 1.76. The van der Waals surface area contributed by atoms with E-state index in [1.54, 1.807) is 0 Å². The van der Waals surface area contributed by atoms with Gasteiger partial charge in [-0.2, -0.15) is 0 Å². The number of nitrogens with zero attached hydrogens (tertiary/aromatic N) is 1. The molecule has 110 valence electrons. The third-order valence-corrected chi connectivity index (χ3v) is 3.75. The standard InChI is InChI=1S/C14H26N2O3/c1-14(2,3)16(11-4-7-15-10-11)13(17)19-12-5-8-18-9-6-12/h11-12,15H,4-10H2,1-3H3/t11-/m0/s1. The molecule has 0 unspecified atom stereocenters. The zero-order chi connectivity index (χ0) is 13.9. The Morgan fingerprint density at radius 1 is 1.26 bits per heavy atom. The SMILES string of the molecule is CC(C)(C)N(C(=O)OC1CCOCC1)[C@H]1CCNC1. The van der Waals surface area contributed by atoms with Gasteiger partial charge < -0.3 is 14.8 Å². The van der Waals surface area contributed by atoms with E-state index in [1.807, 2.05) is 4.90 Å². The average molecular weight is 270 g/mol. The molecule has 0 radical (unpaired) electrons. The highest BCUT2D eigenvalue weighted by molar-refractivity contribution is 5.69. The summed E-state index contributed by atoms with van der Waals surface area (Å²) in [5.41, 5.74) is -0.209. The number of carbonyl (C=O) groups excluding carboxylic acids is 1. The van der Waals surface area contributed by atoms with Crippen molar-refractivity contribution in [3.05, 3.63) is 0 Å². The molecule has 0 aromatic rings. The highest BCUT2D eigenvalue weighted by Crippen LogP contribution is 2.23. The van der Waals surface area contributed by atoms with Crippen LogP contribution in [-0.2, 0) is 9.47 Å². The molecule has 0 aromatic carbocycles. The molecule has 1 N–H and O–H groups in total. The Morgan fingerprint density at radius 2 is 1.95 bits per heavy atom. The van der Waals surface area contributed by atoms with Crippen molar-refractivity contribution in [2.75, 3.05) is 26.3 Å². The van der Waals surface area contributed by atoms with E-state index in [0.29, 0.717) is 13.2 Å². The normalized spacial score (nSPS) is 25.3. The van der Waals surface area contributed by atoms with E-state index in [-0.39, 0.29) is 23.8 Å². The lowest BCUT2D eigenvalue weighted by Gasteiger charge is -2.40. The quantitative estimate of drug-likeness (QED) is 0.831. The summed E-state index contributed by atoms with van der Waals surface area (Å²) >= 11 is 0. The predicted molar refractivity (Wildman–Crippen MR) is 73.2 cm³/mol. The molecule has 1 atom stereocenters. The van der Waals surface area contributed by atoms with Crippen molar-refractivity contribution in [1.29, 1.82) is 0 Å². The maximum atomic E-state index is 12.5. The second-order valence-electron chi connectivity index (χ2n) is 6.38. The maximum Gasteiger partial charge on any atom is 0.410 e. The molecule has 1 amide bonds. The van der Waals surface area contributed by atoms with Crippen LogP contribution in [0.3, 0.4) is 0 Å². The van der Waals surface area contributed by atoms with Gasteiger partial charge in [-0.1, -0.05) is 0 Å². The van der Waals surface area contributed by atoms with E-state index in [1.165, 1.54) is 0 Å². The maximum absolute atomic E-state index is 12.5. The summed E-state index contributed by atoms with van der Waals surface area (Å²) in [5.74, 6) is 0. The summed E-state index contributed by atoms with van der Waals surface area (Å²) in [4.78, 5) is 14.4. The zero-order valence-corrected chi connectivity index (χ0v) is 12.3.